The lowest BCUT2D eigenvalue weighted by Gasteiger charge is -2.35. The Labute approximate surface area is 157 Å². The largest absolute Gasteiger partial charge is 0.465 e. The number of carboxylic acid groups (broad SMARTS) is 1. The van der Waals surface area contributed by atoms with Crippen LogP contribution in [0.15, 0.2) is 29.6 Å². The number of rotatable bonds is 2. The Hall–Kier alpha value is -2.57. The van der Waals surface area contributed by atoms with Crippen LogP contribution in [0.2, 0.25) is 0 Å². The first kappa shape index (κ1) is 16.6. The first-order valence-electron chi connectivity index (χ1n) is 9.84. The van der Waals surface area contributed by atoms with Crippen LogP contribution in [0.4, 0.5) is 4.79 Å². The number of oxime groups is 1. The maximum atomic E-state index is 11.1. The molecule has 1 aromatic heterocycles. The lowest BCUT2D eigenvalue weighted by atomic mass is 9.85. The van der Waals surface area contributed by atoms with Gasteiger partial charge in [-0.2, -0.15) is 5.10 Å². The predicted octanol–water partition coefficient (Wildman–Crippen LogP) is 3.79. The molecule has 7 heteroatoms. The number of amides is 1. The van der Waals surface area contributed by atoms with Gasteiger partial charge < -0.3 is 14.8 Å². The van der Waals surface area contributed by atoms with Crippen molar-refractivity contribution >= 4 is 22.7 Å². The Kier molecular flexibility index (Phi) is 3.84. The predicted molar refractivity (Wildman–Crippen MR) is 101 cm³/mol. The lowest BCUT2D eigenvalue weighted by molar-refractivity contribution is -0.0576. The summed E-state index contributed by atoms with van der Waals surface area (Å²) >= 11 is 0. The van der Waals surface area contributed by atoms with Gasteiger partial charge in [-0.1, -0.05) is 30.1 Å². The van der Waals surface area contributed by atoms with Crippen LogP contribution in [-0.4, -0.2) is 50.3 Å². The van der Waals surface area contributed by atoms with Crippen LogP contribution in [0.1, 0.15) is 56.6 Å². The summed E-state index contributed by atoms with van der Waals surface area (Å²) in [6.45, 7) is 1.01. The average Bonchev–Trinajstić information content (AvgIpc) is 3.41. The van der Waals surface area contributed by atoms with Crippen LogP contribution < -0.4 is 0 Å². The zero-order chi connectivity index (χ0) is 18.4. The lowest BCUT2D eigenvalue weighted by Crippen LogP contribution is -2.46. The van der Waals surface area contributed by atoms with E-state index in [2.05, 4.69) is 33.1 Å². The Morgan fingerprint density at radius 3 is 2.74 bits per heavy atom. The molecule has 7 nitrogen and oxygen atoms in total. The molecular formula is C20H24N4O3. The second-order valence-corrected chi connectivity index (χ2v) is 8.06. The van der Waals surface area contributed by atoms with Gasteiger partial charge in [-0.3, -0.25) is 4.68 Å². The highest BCUT2D eigenvalue weighted by Crippen LogP contribution is 2.37. The highest BCUT2D eigenvalue weighted by molar-refractivity contribution is 6.04. The van der Waals surface area contributed by atoms with Gasteiger partial charge in [0, 0.05) is 43.3 Å². The van der Waals surface area contributed by atoms with Crippen molar-refractivity contribution < 1.29 is 14.7 Å². The van der Waals surface area contributed by atoms with E-state index in [1.54, 1.807) is 0 Å². The molecule has 1 amide bonds. The van der Waals surface area contributed by atoms with Crippen LogP contribution in [0.3, 0.4) is 0 Å². The van der Waals surface area contributed by atoms with Gasteiger partial charge in [-0.05, 0) is 18.9 Å². The normalized spacial score (nSPS) is 22.4. The van der Waals surface area contributed by atoms with Gasteiger partial charge in [-0.25, -0.2) is 4.79 Å². The van der Waals surface area contributed by atoms with E-state index >= 15 is 0 Å². The van der Waals surface area contributed by atoms with Gasteiger partial charge in [0.25, 0.3) is 0 Å². The molecule has 142 valence electrons. The minimum absolute atomic E-state index is 0.345. The number of nitrogens with zero attached hydrogens (tertiary/aromatic N) is 4. The van der Waals surface area contributed by atoms with E-state index < -0.39 is 6.09 Å². The van der Waals surface area contributed by atoms with Crippen LogP contribution >= 0.6 is 0 Å². The second kappa shape index (κ2) is 6.25. The molecule has 0 unspecified atom stereocenters. The quantitative estimate of drug-likeness (QED) is 0.875. The van der Waals surface area contributed by atoms with Crippen molar-refractivity contribution in [1.82, 2.24) is 14.7 Å². The van der Waals surface area contributed by atoms with E-state index in [0.29, 0.717) is 32.0 Å². The van der Waals surface area contributed by atoms with Crippen molar-refractivity contribution in [3.8, 4) is 0 Å². The molecule has 0 radical (unpaired) electrons. The summed E-state index contributed by atoms with van der Waals surface area (Å²) in [5, 5.41) is 19.3. The summed E-state index contributed by atoms with van der Waals surface area (Å²) in [7, 11) is 0. The number of benzene rings is 1. The number of piperidine rings is 1. The standard InChI is InChI=1S/C20H24N4O3/c25-19(26)23-9-7-20(8-10-23)12-17(22-27-20)14-5-6-15-13-21-24(18(15)11-14)16-3-1-2-4-16/h5-6,11,13,16H,1-4,7-10,12H2,(H,25,26). The number of hydrogen-bond acceptors (Lipinski definition) is 4. The second-order valence-electron chi connectivity index (χ2n) is 8.06. The monoisotopic (exact) mass is 368 g/mol. The molecule has 1 spiro atoms. The number of carbonyl (C=O) groups is 1. The Morgan fingerprint density at radius 2 is 2.00 bits per heavy atom. The van der Waals surface area contributed by atoms with Crippen LogP contribution in [0.25, 0.3) is 10.9 Å². The van der Waals surface area contributed by atoms with Gasteiger partial charge >= 0.3 is 6.09 Å². The van der Waals surface area contributed by atoms with Gasteiger partial charge in [-0.15, -0.1) is 0 Å². The molecule has 2 aromatic rings. The van der Waals surface area contributed by atoms with Crippen molar-refractivity contribution in [2.45, 2.75) is 56.6 Å². The van der Waals surface area contributed by atoms with Gasteiger partial charge in [0.05, 0.1) is 23.5 Å². The molecule has 0 atom stereocenters. The maximum absolute atomic E-state index is 11.1. The molecule has 27 heavy (non-hydrogen) atoms. The third-order valence-corrected chi connectivity index (χ3v) is 6.39. The smallest absolute Gasteiger partial charge is 0.407 e. The fraction of sp³-hybridized carbons (Fsp3) is 0.550. The molecule has 1 aliphatic carbocycles. The molecule has 1 aromatic carbocycles. The average molecular weight is 368 g/mol. The summed E-state index contributed by atoms with van der Waals surface area (Å²) in [6.07, 6.45) is 8.18. The first-order chi connectivity index (χ1) is 13.1. The molecule has 1 saturated carbocycles. The topological polar surface area (TPSA) is 80.0 Å². The van der Waals surface area contributed by atoms with Crippen molar-refractivity contribution in [3.63, 3.8) is 0 Å². The van der Waals surface area contributed by atoms with E-state index in [0.717, 1.165) is 23.1 Å². The van der Waals surface area contributed by atoms with Crippen LogP contribution in [0.5, 0.6) is 0 Å². The van der Waals surface area contributed by atoms with E-state index in [9.17, 15) is 4.79 Å². The summed E-state index contributed by atoms with van der Waals surface area (Å²) in [5.41, 5.74) is 2.87. The number of aromatic nitrogens is 2. The van der Waals surface area contributed by atoms with E-state index in [-0.39, 0.29) is 5.60 Å². The molecule has 2 aliphatic heterocycles. The van der Waals surface area contributed by atoms with E-state index in [4.69, 9.17) is 9.94 Å². The van der Waals surface area contributed by atoms with Gasteiger partial charge in [0.2, 0.25) is 0 Å². The zero-order valence-corrected chi connectivity index (χ0v) is 15.3. The minimum atomic E-state index is -0.852. The Morgan fingerprint density at radius 1 is 1.22 bits per heavy atom. The fourth-order valence-electron chi connectivity index (χ4n) is 4.71. The Balaban J connectivity index is 1.37. The number of fused-ring (bicyclic) bond motifs is 1. The van der Waals surface area contributed by atoms with E-state index in [1.165, 1.54) is 36.1 Å². The van der Waals surface area contributed by atoms with Crippen LogP contribution in [0, 0.1) is 0 Å². The molecule has 3 heterocycles. The minimum Gasteiger partial charge on any atom is -0.465 e. The molecule has 1 saturated heterocycles. The zero-order valence-electron chi connectivity index (χ0n) is 15.3. The molecule has 1 N–H and O–H groups in total. The van der Waals surface area contributed by atoms with Crippen molar-refractivity contribution in [3.05, 3.63) is 30.0 Å². The Bertz CT molecular complexity index is 905. The van der Waals surface area contributed by atoms with Crippen molar-refractivity contribution in [2.75, 3.05) is 13.1 Å². The van der Waals surface area contributed by atoms with Gasteiger partial charge in [0.15, 0.2) is 0 Å². The number of likely N-dealkylation sites (tertiary alicyclic amines) is 1. The van der Waals surface area contributed by atoms with Crippen molar-refractivity contribution in [1.29, 1.82) is 0 Å². The number of hydrogen-bond donors (Lipinski definition) is 1. The highest BCUT2D eigenvalue weighted by atomic mass is 16.7. The summed E-state index contributed by atoms with van der Waals surface area (Å²) in [5.74, 6) is 0. The SMILES string of the molecule is O=C(O)N1CCC2(CC1)CC(c1ccc3cnn(C4CCCC4)c3c1)=NO2. The highest BCUT2D eigenvalue weighted by Gasteiger charge is 2.43. The maximum Gasteiger partial charge on any atom is 0.407 e. The fourth-order valence-corrected chi connectivity index (χ4v) is 4.71. The summed E-state index contributed by atoms with van der Waals surface area (Å²) in [6, 6.07) is 6.90. The first-order valence-corrected chi connectivity index (χ1v) is 9.84. The molecule has 0 bridgehead atoms. The van der Waals surface area contributed by atoms with Crippen molar-refractivity contribution in [2.24, 2.45) is 5.16 Å². The third-order valence-electron chi connectivity index (χ3n) is 6.39. The van der Waals surface area contributed by atoms with Crippen LogP contribution in [-0.2, 0) is 4.84 Å². The molecule has 5 rings (SSSR count). The summed E-state index contributed by atoms with van der Waals surface area (Å²) in [4.78, 5) is 18.4. The molecule has 2 fully saturated rings. The van der Waals surface area contributed by atoms with E-state index in [1.807, 2.05) is 6.20 Å². The summed E-state index contributed by atoms with van der Waals surface area (Å²) < 4.78 is 2.18. The molecular weight excluding hydrogens is 344 g/mol. The third kappa shape index (κ3) is 2.85. The molecule has 3 aliphatic rings. The van der Waals surface area contributed by atoms with Gasteiger partial charge in [0.1, 0.15) is 5.60 Å².